The summed E-state index contributed by atoms with van der Waals surface area (Å²) in [5.74, 6) is 0.732. The number of ether oxygens (including phenoxy) is 2. The van der Waals surface area contributed by atoms with Gasteiger partial charge in [0.25, 0.3) is 5.91 Å². The van der Waals surface area contributed by atoms with Crippen molar-refractivity contribution in [3.63, 3.8) is 0 Å². The molecular weight excluding hydrogens is 542 g/mol. The van der Waals surface area contributed by atoms with Gasteiger partial charge in [0.05, 0.1) is 37.4 Å². The first-order valence-electron chi connectivity index (χ1n) is 16.2. The van der Waals surface area contributed by atoms with E-state index in [0.29, 0.717) is 23.4 Å². The van der Waals surface area contributed by atoms with Crippen molar-refractivity contribution in [1.29, 1.82) is 0 Å². The molecule has 0 radical (unpaired) electrons. The van der Waals surface area contributed by atoms with Gasteiger partial charge in [-0.1, -0.05) is 19.8 Å². The highest BCUT2D eigenvalue weighted by atomic mass is 16.5. The van der Waals surface area contributed by atoms with Crippen LogP contribution in [-0.2, 0) is 9.53 Å². The quantitative estimate of drug-likeness (QED) is 0.431. The fraction of sp³-hybridized carbons (Fsp3) is 0.588. The number of benzene rings is 2. The fourth-order valence-electron chi connectivity index (χ4n) is 7.61. The number of carbonyl (C=O) groups excluding carboxylic acids is 2. The van der Waals surface area contributed by atoms with Crippen LogP contribution < -0.4 is 25.2 Å². The van der Waals surface area contributed by atoms with Gasteiger partial charge in [0.2, 0.25) is 5.91 Å². The van der Waals surface area contributed by atoms with Gasteiger partial charge < -0.3 is 29.9 Å². The Hall–Kier alpha value is -3.30. The number of hydrogen-bond donors (Lipinski definition) is 2. The zero-order chi connectivity index (χ0) is 29.9. The van der Waals surface area contributed by atoms with E-state index in [1.165, 1.54) is 12.8 Å². The van der Waals surface area contributed by atoms with E-state index in [2.05, 4.69) is 33.4 Å². The van der Waals surface area contributed by atoms with Gasteiger partial charge in [-0.2, -0.15) is 0 Å². The van der Waals surface area contributed by atoms with E-state index in [9.17, 15) is 9.59 Å². The molecule has 2 amide bonds. The molecule has 2 N–H and O–H groups in total. The largest absolute Gasteiger partial charge is 0.495 e. The Morgan fingerprint density at radius 2 is 1.70 bits per heavy atom. The van der Waals surface area contributed by atoms with Crippen molar-refractivity contribution in [1.82, 2.24) is 10.2 Å². The molecule has 6 rings (SSSR count). The van der Waals surface area contributed by atoms with E-state index in [1.54, 1.807) is 7.11 Å². The van der Waals surface area contributed by atoms with Crippen molar-refractivity contribution in [3.05, 3.63) is 42.0 Å². The number of morpholine rings is 1. The molecular formula is C34H47N5O4. The van der Waals surface area contributed by atoms with Gasteiger partial charge in [0.1, 0.15) is 11.8 Å². The molecule has 2 heterocycles. The predicted molar refractivity (Wildman–Crippen MR) is 171 cm³/mol. The van der Waals surface area contributed by atoms with Crippen LogP contribution in [0.25, 0.3) is 0 Å². The first kappa shape index (κ1) is 29.8. The van der Waals surface area contributed by atoms with E-state index >= 15 is 0 Å². The number of carbonyl (C=O) groups is 2. The van der Waals surface area contributed by atoms with Crippen LogP contribution in [0.3, 0.4) is 0 Å². The average Bonchev–Trinajstić information content (AvgIpc) is 3.58. The summed E-state index contributed by atoms with van der Waals surface area (Å²) in [4.78, 5) is 33.2. The Balaban J connectivity index is 1.14. The average molecular weight is 590 g/mol. The number of anilines is 4. The maximum atomic E-state index is 13.3. The normalized spacial score (nSPS) is 25.0. The van der Waals surface area contributed by atoms with E-state index in [0.717, 1.165) is 94.0 Å². The van der Waals surface area contributed by atoms with Crippen molar-refractivity contribution in [2.45, 2.75) is 88.9 Å². The van der Waals surface area contributed by atoms with Gasteiger partial charge in [-0.25, -0.2) is 0 Å². The van der Waals surface area contributed by atoms with Crippen LogP contribution >= 0.6 is 0 Å². The minimum atomic E-state index is -0.141. The van der Waals surface area contributed by atoms with Crippen molar-refractivity contribution in [2.75, 3.05) is 55.6 Å². The highest BCUT2D eigenvalue weighted by molar-refractivity contribution is 6.06. The molecule has 4 aliphatic rings. The van der Waals surface area contributed by atoms with Gasteiger partial charge in [0.15, 0.2) is 0 Å². The summed E-state index contributed by atoms with van der Waals surface area (Å²) in [6.07, 6.45) is 9.67. The number of nitrogens with zero attached hydrogens (tertiary/aromatic N) is 3. The first-order valence-corrected chi connectivity index (χ1v) is 16.2. The Bertz CT molecular complexity index is 1300. The smallest absolute Gasteiger partial charge is 0.251 e. The molecule has 3 fully saturated rings. The zero-order valence-electron chi connectivity index (χ0n) is 25.9. The molecule has 0 aromatic heterocycles. The lowest BCUT2D eigenvalue weighted by molar-refractivity contribution is -0.120. The standard InChI is InChI=1S/C34H47N5O4/c1-4-29-34(41)37(2)30-16-12-25(22-31(30)39(29)27-7-5-6-8-27)35-28-15-9-23(21-32(28)42-3)33(40)36-24-10-13-26(14-11-24)38-17-19-43-20-18-38/h9,12,15-16,21-22,24,26-27,29,35H,4-8,10-11,13-14,17-20H2,1-3H3,(H,36,40)/t24?,26?,29-/m1/s1. The highest BCUT2D eigenvalue weighted by Gasteiger charge is 2.40. The van der Waals surface area contributed by atoms with Crippen LogP contribution in [0.15, 0.2) is 36.4 Å². The minimum absolute atomic E-state index is 0.0565. The molecule has 0 spiro atoms. The van der Waals surface area contributed by atoms with Crippen LogP contribution in [0.2, 0.25) is 0 Å². The van der Waals surface area contributed by atoms with Crippen LogP contribution in [0.1, 0.15) is 75.1 Å². The molecule has 2 saturated carbocycles. The van der Waals surface area contributed by atoms with Crippen LogP contribution in [0, 0.1) is 0 Å². The molecule has 0 bridgehead atoms. The molecule has 43 heavy (non-hydrogen) atoms. The molecule has 2 aliphatic heterocycles. The molecule has 2 aromatic rings. The van der Waals surface area contributed by atoms with Gasteiger partial charge in [0, 0.05) is 49.5 Å². The third-order valence-electron chi connectivity index (χ3n) is 10.0. The van der Waals surface area contributed by atoms with E-state index < -0.39 is 0 Å². The van der Waals surface area contributed by atoms with Gasteiger partial charge >= 0.3 is 0 Å². The van der Waals surface area contributed by atoms with E-state index in [4.69, 9.17) is 9.47 Å². The summed E-state index contributed by atoms with van der Waals surface area (Å²) >= 11 is 0. The minimum Gasteiger partial charge on any atom is -0.495 e. The van der Waals surface area contributed by atoms with Crippen molar-refractivity contribution in [3.8, 4) is 5.75 Å². The summed E-state index contributed by atoms with van der Waals surface area (Å²) < 4.78 is 11.2. The van der Waals surface area contributed by atoms with E-state index in [-0.39, 0.29) is 23.9 Å². The molecule has 2 aliphatic carbocycles. The lowest BCUT2D eigenvalue weighted by Crippen LogP contribution is -2.55. The maximum Gasteiger partial charge on any atom is 0.251 e. The molecule has 9 heteroatoms. The van der Waals surface area contributed by atoms with Crippen LogP contribution in [0.4, 0.5) is 22.7 Å². The van der Waals surface area contributed by atoms with E-state index in [1.807, 2.05) is 42.3 Å². The number of methoxy groups -OCH3 is 1. The Labute approximate surface area is 255 Å². The maximum absolute atomic E-state index is 13.3. The molecule has 2 aromatic carbocycles. The monoisotopic (exact) mass is 589 g/mol. The highest BCUT2D eigenvalue weighted by Crippen LogP contribution is 2.43. The van der Waals surface area contributed by atoms with Crippen molar-refractivity contribution >= 4 is 34.6 Å². The summed E-state index contributed by atoms with van der Waals surface area (Å²) in [5.41, 5.74) is 4.37. The predicted octanol–water partition coefficient (Wildman–Crippen LogP) is 5.32. The second kappa shape index (κ2) is 13.1. The third-order valence-corrected chi connectivity index (χ3v) is 10.0. The second-order valence-corrected chi connectivity index (χ2v) is 12.5. The Morgan fingerprint density at radius 1 is 0.953 bits per heavy atom. The lowest BCUT2D eigenvalue weighted by atomic mass is 9.89. The molecule has 0 unspecified atom stereocenters. The molecule has 9 nitrogen and oxygen atoms in total. The summed E-state index contributed by atoms with van der Waals surface area (Å²) in [5, 5.41) is 6.79. The third kappa shape index (κ3) is 6.20. The van der Waals surface area contributed by atoms with Gasteiger partial charge in [-0.15, -0.1) is 0 Å². The number of likely N-dealkylation sites (N-methyl/N-ethyl adjacent to an activating group) is 1. The Morgan fingerprint density at radius 3 is 2.40 bits per heavy atom. The van der Waals surface area contributed by atoms with Gasteiger partial charge in [-0.3, -0.25) is 14.5 Å². The summed E-state index contributed by atoms with van der Waals surface area (Å²) in [6, 6.07) is 12.8. The lowest BCUT2D eigenvalue weighted by Gasteiger charge is -2.45. The van der Waals surface area contributed by atoms with Crippen molar-refractivity contribution in [2.24, 2.45) is 0 Å². The second-order valence-electron chi connectivity index (χ2n) is 12.5. The molecule has 232 valence electrons. The van der Waals surface area contributed by atoms with Crippen LogP contribution in [-0.4, -0.2) is 81.3 Å². The number of amides is 2. The number of nitrogens with one attached hydrogen (secondary N) is 2. The fourth-order valence-corrected chi connectivity index (χ4v) is 7.61. The van der Waals surface area contributed by atoms with Gasteiger partial charge in [-0.05, 0) is 81.3 Å². The van der Waals surface area contributed by atoms with Crippen molar-refractivity contribution < 1.29 is 19.1 Å². The number of rotatable bonds is 8. The Kier molecular flexibility index (Phi) is 9.09. The number of fused-ring (bicyclic) bond motifs is 1. The molecule has 1 saturated heterocycles. The molecule has 1 atom stereocenters. The SMILES string of the molecule is CC[C@@H]1C(=O)N(C)c2ccc(Nc3ccc(C(=O)NC4CCC(N5CCOCC5)CC4)cc3OC)cc2N1C1CCCC1. The summed E-state index contributed by atoms with van der Waals surface area (Å²) in [7, 11) is 3.52. The number of hydrogen-bond acceptors (Lipinski definition) is 7. The topological polar surface area (TPSA) is 86.4 Å². The zero-order valence-corrected chi connectivity index (χ0v) is 25.9. The first-order chi connectivity index (χ1) is 21.0. The van der Waals surface area contributed by atoms with Crippen LogP contribution in [0.5, 0.6) is 5.75 Å². The summed E-state index contributed by atoms with van der Waals surface area (Å²) in [6.45, 7) is 5.79.